The van der Waals surface area contributed by atoms with Gasteiger partial charge in [0.05, 0.1) is 5.54 Å². The number of nitrogens with one attached hydrogen (secondary N) is 1. The number of amides is 1. The van der Waals surface area contributed by atoms with Crippen LogP contribution in [0.1, 0.15) is 32.3 Å². The molecule has 1 heterocycles. The fourth-order valence-corrected chi connectivity index (χ4v) is 2.55. The molecule has 1 aliphatic heterocycles. The maximum Gasteiger partial charge on any atom is 0.573 e. The summed E-state index contributed by atoms with van der Waals surface area (Å²) in [6, 6.07) is 5.14. The molecule has 2 N–H and O–H groups in total. The van der Waals surface area contributed by atoms with E-state index in [1.165, 1.54) is 12.1 Å². The lowest BCUT2D eigenvalue weighted by Gasteiger charge is -2.28. The summed E-state index contributed by atoms with van der Waals surface area (Å²) >= 11 is 0. The Labute approximate surface area is 141 Å². The largest absolute Gasteiger partial charge is 0.573 e. The van der Waals surface area contributed by atoms with Crippen LogP contribution in [0.3, 0.4) is 0 Å². The fraction of sp³-hybridized carbons (Fsp3) is 0.500. The number of carboxylic acids is 1. The molecule has 1 amide bonds. The Kier molecular flexibility index (Phi) is 5.26. The number of benzene rings is 1. The lowest BCUT2D eigenvalue weighted by atomic mass is 9.93. The molecule has 1 saturated heterocycles. The lowest BCUT2D eigenvalue weighted by Crippen LogP contribution is -2.46. The molecule has 2 rings (SSSR count). The molecular weight excluding hydrogens is 343 g/mol. The van der Waals surface area contributed by atoms with Crippen molar-refractivity contribution in [3.8, 4) is 5.75 Å². The number of aliphatic carboxylic acids is 1. The van der Waals surface area contributed by atoms with Gasteiger partial charge in [-0.1, -0.05) is 12.1 Å². The molecule has 1 aromatic rings. The molecule has 25 heavy (non-hydrogen) atoms. The number of carboxylic acid groups (broad SMARTS) is 1. The Hall–Kier alpha value is -2.29. The molecule has 9 heteroatoms. The molecule has 0 aromatic heterocycles. The van der Waals surface area contributed by atoms with Gasteiger partial charge in [0, 0.05) is 0 Å². The highest BCUT2D eigenvalue weighted by atomic mass is 19.4. The van der Waals surface area contributed by atoms with E-state index >= 15 is 0 Å². The van der Waals surface area contributed by atoms with E-state index in [-0.39, 0.29) is 18.6 Å². The normalized spacial score (nSPS) is 21.0. The second kappa shape index (κ2) is 6.91. The molecule has 6 nitrogen and oxygen atoms in total. The Morgan fingerprint density at radius 2 is 1.72 bits per heavy atom. The van der Waals surface area contributed by atoms with Gasteiger partial charge in [0.2, 0.25) is 5.91 Å². The number of rotatable bonds is 5. The van der Waals surface area contributed by atoms with Crippen molar-refractivity contribution in [2.45, 2.75) is 50.8 Å². The molecule has 2 atom stereocenters. The van der Waals surface area contributed by atoms with Crippen LogP contribution in [0.5, 0.6) is 5.75 Å². The van der Waals surface area contributed by atoms with E-state index < -0.39 is 36.0 Å². The van der Waals surface area contributed by atoms with Gasteiger partial charge in [0.1, 0.15) is 11.9 Å². The number of hydrogen-bond donors (Lipinski definition) is 2. The summed E-state index contributed by atoms with van der Waals surface area (Å²) in [4.78, 5) is 23.1. The zero-order valence-electron chi connectivity index (χ0n) is 13.6. The lowest BCUT2D eigenvalue weighted by molar-refractivity contribution is -0.274. The molecule has 1 aliphatic rings. The quantitative estimate of drug-likeness (QED) is 0.842. The minimum absolute atomic E-state index is 0.247. The van der Waals surface area contributed by atoms with Gasteiger partial charge < -0.3 is 19.9 Å². The highest BCUT2D eigenvalue weighted by Crippen LogP contribution is 2.27. The van der Waals surface area contributed by atoms with Crippen molar-refractivity contribution >= 4 is 11.9 Å². The highest BCUT2D eigenvalue weighted by molar-refractivity contribution is 5.83. The number of alkyl halides is 3. The summed E-state index contributed by atoms with van der Waals surface area (Å²) in [5.74, 6) is -1.94. The third-order valence-corrected chi connectivity index (χ3v) is 3.83. The molecule has 138 valence electrons. The van der Waals surface area contributed by atoms with Crippen LogP contribution in [-0.4, -0.2) is 35.6 Å². The van der Waals surface area contributed by atoms with Gasteiger partial charge >= 0.3 is 12.3 Å². The van der Waals surface area contributed by atoms with E-state index in [4.69, 9.17) is 9.84 Å². The molecule has 0 unspecified atom stereocenters. The summed E-state index contributed by atoms with van der Waals surface area (Å²) < 4.78 is 45.5. The van der Waals surface area contributed by atoms with Crippen molar-refractivity contribution < 1.29 is 37.3 Å². The van der Waals surface area contributed by atoms with E-state index in [9.17, 15) is 22.8 Å². The number of hydrogen-bond acceptors (Lipinski definition) is 4. The molecular formula is C16H18F3NO5. The average Bonchev–Trinajstić information content (AvgIpc) is 2.95. The number of halogens is 3. The van der Waals surface area contributed by atoms with E-state index in [2.05, 4.69) is 10.1 Å². The first-order valence-electron chi connectivity index (χ1n) is 7.54. The van der Waals surface area contributed by atoms with E-state index in [0.717, 1.165) is 12.1 Å². The van der Waals surface area contributed by atoms with Gasteiger partial charge in [-0.3, -0.25) is 4.79 Å². The Balaban J connectivity index is 2.01. The van der Waals surface area contributed by atoms with Crippen molar-refractivity contribution in [3.63, 3.8) is 0 Å². The third-order valence-electron chi connectivity index (χ3n) is 3.83. The Morgan fingerprint density at radius 1 is 1.16 bits per heavy atom. The second-order valence-electron chi connectivity index (χ2n) is 6.22. The zero-order chi connectivity index (χ0) is 18.8. The van der Waals surface area contributed by atoms with Crippen LogP contribution in [0.15, 0.2) is 24.3 Å². The topological polar surface area (TPSA) is 84.9 Å². The smallest absolute Gasteiger partial charge is 0.479 e. The summed E-state index contributed by atoms with van der Waals surface area (Å²) in [5, 5.41) is 11.6. The highest BCUT2D eigenvalue weighted by Gasteiger charge is 2.37. The van der Waals surface area contributed by atoms with Crippen LogP contribution >= 0.6 is 0 Å². The predicted molar refractivity (Wildman–Crippen MR) is 79.8 cm³/mol. The molecule has 0 radical (unpaired) electrons. The van der Waals surface area contributed by atoms with Crippen LogP contribution in [0, 0.1) is 0 Å². The van der Waals surface area contributed by atoms with Gasteiger partial charge in [-0.05, 0) is 44.4 Å². The minimum atomic E-state index is -4.77. The first-order valence-corrected chi connectivity index (χ1v) is 7.54. The summed E-state index contributed by atoms with van der Waals surface area (Å²) in [5.41, 5.74) is -0.332. The number of carbonyl (C=O) groups is 2. The van der Waals surface area contributed by atoms with Crippen LogP contribution in [0.25, 0.3) is 0 Å². The third kappa shape index (κ3) is 5.09. The predicted octanol–water partition coefficient (Wildman–Crippen LogP) is 2.57. The van der Waals surface area contributed by atoms with Crippen LogP contribution in [0.4, 0.5) is 13.2 Å². The van der Waals surface area contributed by atoms with E-state index in [1.54, 1.807) is 13.8 Å². The van der Waals surface area contributed by atoms with Crippen LogP contribution in [-0.2, 0) is 19.9 Å². The number of carbonyl (C=O) groups excluding carboxylic acids is 1. The summed E-state index contributed by atoms with van der Waals surface area (Å²) in [6.07, 6.45) is -6.11. The van der Waals surface area contributed by atoms with E-state index in [1.807, 2.05) is 0 Å². The van der Waals surface area contributed by atoms with Crippen molar-refractivity contribution in [2.24, 2.45) is 0 Å². The Morgan fingerprint density at radius 3 is 2.20 bits per heavy atom. The van der Waals surface area contributed by atoms with Gasteiger partial charge in [-0.15, -0.1) is 13.2 Å². The molecule has 1 fully saturated rings. The molecule has 0 bridgehead atoms. The van der Waals surface area contributed by atoms with Crippen molar-refractivity contribution in [3.05, 3.63) is 29.8 Å². The van der Waals surface area contributed by atoms with Gasteiger partial charge in [0.15, 0.2) is 6.10 Å². The minimum Gasteiger partial charge on any atom is -0.479 e. The number of ether oxygens (including phenoxy) is 2. The molecule has 0 spiro atoms. The first kappa shape index (κ1) is 19.0. The Bertz CT molecular complexity index is 642. The molecule has 0 aliphatic carbocycles. The summed E-state index contributed by atoms with van der Waals surface area (Å²) in [6.45, 7) is 3.35. The maximum absolute atomic E-state index is 12.3. The SMILES string of the molecule is CC(C)(NC(=O)[C@@H]1CC[C@H](C(=O)O)O1)c1ccc(OC(F)(F)F)cc1. The van der Waals surface area contributed by atoms with Crippen molar-refractivity contribution in [1.82, 2.24) is 5.32 Å². The van der Waals surface area contributed by atoms with Crippen LogP contribution in [0.2, 0.25) is 0 Å². The summed E-state index contributed by atoms with van der Waals surface area (Å²) in [7, 11) is 0. The van der Waals surface area contributed by atoms with Gasteiger partial charge in [-0.2, -0.15) is 0 Å². The van der Waals surface area contributed by atoms with Gasteiger partial charge in [0.25, 0.3) is 0 Å². The zero-order valence-corrected chi connectivity index (χ0v) is 13.6. The standard InChI is InChI=1S/C16H18F3NO5/c1-15(2,9-3-5-10(6-4-9)25-16(17,18)19)20-13(21)11-7-8-12(24-11)14(22)23/h3-6,11-12H,7-8H2,1-2H3,(H,20,21)(H,22,23)/t11-,12+/m0/s1. The van der Waals surface area contributed by atoms with Gasteiger partial charge in [-0.25, -0.2) is 4.79 Å². The first-order chi connectivity index (χ1) is 11.5. The molecule has 0 saturated carbocycles. The monoisotopic (exact) mass is 361 g/mol. The van der Waals surface area contributed by atoms with E-state index in [0.29, 0.717) is 5.56 Å². The van der Waals surface area contributed by atoms with Crippen molar-refractivity contribution in [1.29, 1.82) is 0 Å². The van der Waals surface area contributed by atoms with Crippen molar-refractivity contribution in [2.75, 3.05) is 0 Å². The average molecular weight is 361 g/mol. The maximum atomic E-state index is 12.3. The second-order valence-corrected chi connectivity index (χ2v) is 6.22. The van der Waals surface area contributed by atoms with Crippen LogP contribution < -0.4 is 10.1 Å². The molecule has 1 aromatic carbocycles. The fourth-order valence-electron chi connectivity index (χ4n) is 2.55.